The topological polar surface area (TPSA) is 28.2 Å². The molecule has 0 saturated heterocycles. The summed E-state index contributed by atoms with van der Waals surface area (Å²) in [6.07, 6.45) is 0. The second-order valence-corrected chi connectivity index (χ2v) is 4.83. The zero-order chi connectivity index (χ0) is 13.0. The van der Waals surface area contributed by atoms with Gasteiger partial charge in [-0.1, -0.05) is 0 Å². The van der Waals surface area contributed by atoms with Crippen LogP contribution in [0.4, 0.5) is 15.2 Å². The highest BCUT2D eigenvalue weighted by Crippen LogP contribution is 2.19. The van der Waals surface area contributed by atoms with E-state index in [4.69, 9.17) is 0 Å². The molecular weight excluding hydrogens is 249 g/mol. The Kier molecular flexibility index (Phi) is 4.15. The Morgan fingerprint density at radius 1 is 1.33 bits per heavy atom. The first kappa shape index (κ1) is 12.8. The van der Waals surface area contributed by atoms with Crippen molar-refractivity contribution in [1.29, 1.82) is 0 Å². The summed E-state index contributed by atoms with van der Waals surface area (Å²) in [5.41, 5.74) is 1.90. The molecule has 0 saturated carbocycles. The first-order valence-electron chi connectivity index (χ1n) is 5.84. The summed E-state index contributed by atoms with van der Waals surface area (Å²) in [5.74, 6) is -0.221. The lowest BCUT2D eigenvalue weighted by atomic mass is 10.3. The molecule has 96 valence electrons. The van der Waals surface area contributed by atoms with E-state index in [-0.39, 0.29) is 5.82 Å². The summed E-state index contributed by atoms with van der Waals surface area (Å²) >= 11 is 1.63. The highest BCUT2D eigenvalue weighted by Gasteiger charge is 2.05. The highest BCUT2D eigenvalue weighted by atomic mass is 32.1. The molecule has 0 fully saturated rings. The van der Waals surface area contributed by atoms with Crippen molar-refractivity contribution in [2.75, 3.05) is 23.8 Å². The third-order valence-electron chi connectivity index (χ3n) is 2.66. The average molecular weight is 265 g/mol. The lowest BCUT2D eigenvalue weighted by Crippen LogP contribution is -2.15. The lowest BCUT2D eigenvalue weighted by Gasteiger charge is -2.11. The highest BCUT2D eigenvalue weighted by molar-refractivity contribution is 7.13. The van der Waals surface area contributed by atoms with Crippen molar-refractivity contribution in [3.05, 3.63) is 41.2 Å². The van der Waals surface area contributed by atoms with Crippen LogP contribution in [0.2, 0.25) is 0 Å². The van der Waals surface area contributed by atoms with Crippen LogP contribution in [0.25, 0.3) is 0 Å². The maximum absolute atomic E-state index is 12.7. The van der Waals surface area contributed by atoms with Gasteiger partial charge in [-0.25, -0.2) is 9.37 Å². The molecule has 0 amide bonds. The van der Waals surface area contributed by atoms with Crippen LogP contribution in [0.5, 0.6) is 0 Å². The molecule has 0 atom stereocenters. The molecule has 1 aromatic carbocycles. The van der Waals surface area contributed by atoms with E-state index in [1.165, 1.54) is 12.1 Å². The Morgan fingerprint density at radius 3 is 2.72 bits per heavy atom. The Bertz CT molecular complexity index is 495. The largest absolute Gasteiger partial charge is 0.379 e. The number of hydrogen-bond donors (Lipinski definition) is 1. The smallest absolute Gasteiger partial charge is 0.185 e. The molecule has 1 heterocycles. The van der Waals surface area contributed by atoms with E-state index in [1.807, 2.05) is 12.4 Å². The minimum absolute atomic E-state index is 0.221. The van der Waals surface area contributed by atoms with Gasteiger partial charge in [-0.15, -0.1) is 11.3 Å². The number of anilines is 2. The summed E-state index contributed by atoms with van der Waals surface area (Å²) in [5, 5.41) is 6.28. The van der Waals surface area contributed by atoms with Gasteiger partial charge in [0.25, 0.3) is 0 Å². The number of nitrogens with zero attached hydrogens (tertiary/aromatic N) is 2. The quantitative estimate of drug-likeness (QED) is 0.898. The third-order valence-corrected chi connectivity index (χ3v) is 3.66. The zero-order valence-electron chi connectivity index (χ0n) is 10.5. The van der Waals surface area contributed by atoms with E-state index >= 15 is 0 Å². The van der Waals surface area contributed by atoms with E-state index < -0.39 is 0 Å². The molecule has 0 aliphatic carbocycles. The predicted molar refractivity (Wildman–Crippen MR) is 74.8 cm³/mol. The van der Waals surface area contributed by atoms with Crippen molar-refractivity contribution >= 4 is 22.2 Å². The molecule has 2 aromatic rings. The number of hydrogen-bond acceptors (Lipinski definition) is 4. The molecule has 5 heteroatoms. The van der Waals surface area contributed by atoms with Crippen molar-refractivity contribution in [3.63, 3.8) is 0 Å². The van der Waals surface area contributed by atoms with Crippen molar-refractivity contribution < 1.29 is 4.39 Å². The van der Waals surface area contributed by atoms with Crippen LogP contribution in [0.1, 0.15) is 12.6 Å². The number of rotatable bonds is 5. The van der Waals surface area contributed by atoms with E-state index in [2.05, 4.69) is 22.1 Å². The van der Waals surface area contributed by atoms with Gasteiger partial charge in [0.1, 0.15) is 5.82 Å². The minimum atomic E-state index is -0.221. The van der Waals surface area contributed by atoms with Crippen LogP contribution in [0, 0.1) is 5.82 Å². The fourth-order valence-corrected chi connectivity index (χ4v) is 2.30. The van der Waals surface area contributed by atoms with Gasteiger partial charge >= 0.3 is 0 Å². The molecule has 3 nitrogen and oxygen atoms in total. The van der Waals surface area contributed by atoms with Crippen LogP contribution in [-0.4, -0.2) is 18.6 Å². The maximum atomic E-state index is 12.7. The Hall–Kier alpha value is -1.62. The molecule has 0 aliphatic heterocycles. The summed E-state index contributed by atoms with van der Waals surface area (Å²) in [4.78, 5) is 6.62. The SMILES string of the molecule is CCN(C)c1nc(CNc2ccc(F)cc2)cs1. The van der Waals surface area contributed by atoms with Gasteiger partial charge < -0.3 is 10.2 Å². The standard InChI is InChI=1S/C13H16FN3S/c1-3-17(2)13-16-12(9-18-13)8-15-11-6-4-10(14)5-7-11/h4-7,9,15H,3,8H2,1-2H3. The van der Waals surface area contributed by atoms with Crippen LogP contribution >= 0.6 is 11.3 Å². The number of nitrogens with one attached hydrogen (secondary N) is 1. The second-order valence-electron chi connectivity index (χ2n) is 4.00. The Balaban J connectivity index is 1.94. The molecule has 0 unspecified atom stereocenters. The third kappa shape index (κ3) is 3.20. The van der Waals surface area contributed by atoms with Gasteiger partial charge in [0.05, 0.1) is 12.2 Å². The molecule has 1 aromatic heterocycles. The van der Waals surface area contributed by atoms with Gasteiger partial charge in [-0.3, -0.25) is 0 Å². The summed E-state index contributed by atoms with van der Waals surface area (Å²) in [6, 6.07) is 6.33. The summed E-state index contributed by atoms with van der Waals surface area (Å²) in [6.45, 7) is 3.69. The van der Waals surface area contributed by atoms with Gasteiger partial charge in [-0.2, -0.15) is 0 Å². The molecule has 0 bridgehead atoms. The number of aromatic nitrogens is 1. The minimum Gasteiger partial charge on any atom is -0.379 e. The lowest BCUT2D eigenvalue weighted by molar-refractivity contribution is 0.628. The molecule has 0 radical (unpaired) electrons. The van der Waals surface area contributed by atoms with E-state index in [0.717, 1.165) is 23.1 Å². The average Bonchev–Trinajstić information content (AvgIpc) is 2.86. The van der Waals surface area contributed by atoms with E-state index in [9.17, 15) is 4.39 Å². The second kappa shape index (κ2) is 5.82. The molecule has 0 aliphatic rings. The van der Waals surface area contributed by atoms with Crippen LogP contribution in [0.3, 0.4) is 0 Å². The Labute approximate surface area is 110 Å². The van der Waals surface area contributed by atoms with Crippen LogP contribution < -0.4 is 10.2 Å². The van der Waals surface area contributed by atoms with Gasteiger partial charge in [0.2, 0.25) is 0 Å². The zero-order valence-corrected chi connectivity index (χ0v) is 11.3. The van der Waals surface area contributed by atoms with Crippen LogP contribution in [-0.2, 0) is 6.54 Å². The molecule has 2 rings (SSSR count). The Morgan fingerprint density at radius 2 is 2.06 bits per heavy atom. The number of halogens is 1. The van der Waals surface area contributed by atoms with Crippen molar-refractivity contribution in [2.24, 2.45) is 0 Å². The van der Waals surface area contributed by atoms with E-state index in [1.54, 1.807) is 23.5 Å². The van der Waals surface area contributed by atoms with Gasteiger partial charge in [0, 0.05) is 24.7 Å². The maximum Gasteiger partial charge on any atom is 0.185 e. The molecule has 0 spiro atoms. The molecule has 18 heavy (non-hydrogen) atoms. The van der Waals surface area contributed by atoms with Crippen molar-refractivity contribution in [1.82, 2.24) is 4.98 Å². The van der Waals surface area contributed by atoms with Gasteiger partial charge in [0.15, 0.2) is 5.13 Å². The summed E-state index contributed by atoms with van der Waals surface area (Å²) < 4.78 is 12.7. The number of benzene rings is 1. The molecule has 1 N–H and O–H groups in total. The fourth-order valence-electron chi connectivity index (χ4n) is 1.45. The van der Waals surface area contributed by atoms with Crippen molar-refractivity contribution in [2.45, 2.75) is 13.5 Å². The van der Waals surface area contributed by atoms with Gasteiger partial charge in [-0.05, 0) is 31.2 Å². The predicted octanol–water partition coefficient (Wildman–Crippen LogP) is 3.35. The summed E-state index contributed by atoms with van der Waals surface area (Å²) in [7, 11) is 2.02. The first-order chi connectivity index (χ1) is 8.69. The van der Waals surface area contributed by atoms with Crippen LogP contribution in [0.15, 0.2) is 29.6 Å². The van der Waals surface area contributed by atoms with E-state index in [0.29, 0.717) is 6.54 Å². The number of thiazole rings is 1. The fraction of sp³-hybridized carbons (Fsp3) is 0.308. The normalized spacial score (nSPS) is 10.4. The first-order valence-corrected chi connectivity index (χ1v) is 6.72. The van der Waals surface area contributed by atoms with Crippen molar-refractivity contribution in [3.8, 4) is 0 Å². The monoisotopic (exact) mass is 265 g/mol. The molecular formula is C13H16FN3S.